The number of aliphatic hydroxyl groups excluding tert-OH is 1. The maximum absolute atomic E-state index is 9.06. The average molecular weight is 267 g/mol. The molecule has 2 N–H and O–H groups in total. The predicted octanol–water partition coefficient (Wildman–Crippen LogP) is 1.27. The van der Waals surface area contributed by atoms with E-state index in [1.54, 1.807) is 7.11 Å². The lowest BCUT2D eigenvalue weighted by Gasteiger charge is -2.27. The quantitative estimate of drug-likeness (QED) is 0.781. The van der Waals surface area contributed by atoms with E-state index >= 15 is 0 Å². The second-order valence-corrected chi connectivity index (χ2v) is 5.29. The third kappa shape index (κ3) is 3.55. The number of nitrogens with zero attached hydrogens (tertiary/aromatic N) is 2. The van der Waals surface area contributed by atoms with Crippen molar-refractivity contribution in [2.75, 3.05) is 20.3 Å². The molecule has 2 rings (SSSR count). The monoisotopic (exact) mass is 267 g/mol. The fraction of sp³-hybridized carbons (Fsp3) is 0.786. The smallest absolute Gasteiger partial charge is 0.0644 e. The first-order valence-electron chi connectivity index (χ1n) is 7.16. The van der Waals surface area contributed by atoms with Gasteiger partial charge in [-0.15, -0.1) is 0 Å². The van der Waals surface area contributed by atoms with Crippen molar-refractivity contribution in [3.05, 3.63) is 17.5 Å². The van der Waals surface area contributed by atoms with Crippen molar-refractivity contribution < 1.29 is 9.84 Å². The van der Waals surface area contributed by atoms with Crippen molar-refractivity contribution in [3.63, 3.8) is 0 Å². The molecule has 0 aliphatic heterocycles. The van der Waals surface area contributed by atoms with Crippen LogP contribution in [0.2, 0.25) is 0 Å². The van der Waals surface area contributed by atoms with Crippen molar-refractivity contribution in [2.45, 2.75) is 51.2 Å². The molecule has 0 bridgehead atoms. The molecule has 0 amide bonds. The second-order valence-electron chi connectivity index (χ2n) is 5.29. The van der Waals surface area contributed by atoms with E-state index in [0.29, 0.717) is 18.6 Å². The first-order chi connectivity index (χ1) is 9.26. The Kier molecular flexibility index (Phi) is 5.36. The Morgan fingerprint density at radius 1 is 1.63 bits per heavy atom. The Labute approximate surface area is 115 Å². The summed E-state index contributed by atoms with van der Waals surface area (Å²) in [7, 11) is 1.74. The number of aliphatic hydroxyl groups is 1. The molecule has 0 spiro atoms. The SMILES string of the molecule is COCCC(C)NC1CCCc2c1cnn2CCO. The first kappa shape index (κ1) is 14.5. The fourth-order valence-electron chi connectivity index (χ4n) is 2.80. The van der Waals surface area contributed by atoms with Crippen molar-refractivity contribution in [3.8, 4) is 0 Å². The first-order valence-corrected chi connectivity index (χ1v) is 7.16. The van der Waals surface area contributed by atoms with Crippen molar-refractivity contribution >= 4 is 0 Å². The fourth-order valence-corrected chi connectivity index (χ4v) is 2.80. The third-order valence-corrected chi connectivity index (χ3v) is 3.82. The van der Waals surface area contributed by atoms with E-state index < -0.39 is 0 Å². The van der Waals surface area contributed by atoms with Crippen LogP contribution in [0.3, 0.4) is 0 Å². The van der Waals surface area contributed by atoms with Gasteiger partial charge in [0.25, 0.3) is 0 Å². The van der Waals surface area contributed by atoms with Crippen molar-refractivity contribution in [1.29, 1.82) is 0 Å². The maximum Gasteiger partial charge on any atom is 0.0644 e. The van der Waals surface area contributed by atoms with Gasteiger partial charge in [0.15, 0.2) is 0 Å². The minimum Gasteiger partial charge on any atom is -0.394 e. The number of nitrogens with one attached hydrogen (secondary N) is 1. The van der Waals surface area contributed by atoms with E-state index in [9.17, 15) is 0 Å². The number of methoxy groups -OCH3 is 1. The molecule has 0 fully saturated rings. The van der Waals surface area contributed by atoms with Crippen LogP contribution in [0.5, 0.6) is 0 Å². The zero-order valence-electron chi connectivity index (χ0n) is 11.9. The molecule has 0 radical (unpaired) electrons. The summed E-state index contributed by atoms with van der Waals surface area (Å²) < 4.78 is 7.07. The lowest BCUT2D eigenvalue weighted by molar-refractivity contribution is 0.181. The molecule has 0 aromatic carbocycles. The van der Waals surface area contributed by atoms with Gasteiger partial charge in [-0.3, -0.25) is 4.68 Å². The van der Waals surface area contributed by atoms with Crippen LogP contribution in [0, 0.1) is 0 Å². The molecule has 1 aliphatic rings. The van der Waals surface area contributed by atoms with Gasteiger partial charge in [0.1, 0.15) is 0 Å². The average Bonchev–Trinajstić information content (AvgIpc) is 2.81. The normalized spacial score (nSPS) is 20.3. The minimum absolute atomic E-state index is 0.149. The number of rotatable bonds is 7. The lowest BCUT2D eigenvalue weighted by atomic mass is 9.92. The number of hydrogen-bond acceptors (Lipinski definition) is 4. The summed E-state index contributed by atoms with van der Waals surface area (Å²) in [4.78, 5) is 0. The number of hydrogen-bond donors (Lipinski definition) is 2. The predicted molar refractivity (Wildman–Crippen MR) is 74.1 cm³/mol. The molecule has 0 saturated heterocycles. The number of ether oxygens (including phenoxy) is 1. The molecule has 2 unspecified atom stereocenters. The number of fused-ring (bicyclic) bond motifs is 1. The van der Waals surface area contributed by atoms with E-state index in [1.165, 1.54) is 17.7 Å². The van der Waals surface area contributed by atoms with Crippen LogP contribution >= 0.6 is 0 Å². The van der Waals surface area contributed by atoms with Crippen LogP contribution in [0.25, 0.3) is 0 Å². The standard InChI is InChI=1S/C14H25N3O2/c1-11(6-9-19-2)16-13-4-3-5-14-12(13)10-15-17(14)7-8-18/h10-11,13,16,18H,3-9H2,1-2H3. The van der Waals surface area contributed by atoms with Gasteiger partial charge in [0, 0.05) is 37.1 Å². The largest absolute Gasteiger partial charge is 0.394 e. The Hall–Kier alpha value is -0.910. The zero-order chi connectivity index (χ0) is 13.7. The molecule has 19 heavy (non-hydrogen) atoms. The van der Waals surface area contributed by atoms with Gasteiger partial charge in [0.05, 0.1) is 19.3 Å². The van der Waals surface area contributed by atoms with Crippen molar-refractivity contribution in [1.82, 2.24) is 15.1 Å². The van der Waals surface area contributed by atoms with Crippen LogP contribution in [-0.4, -0.2) is 41.3 Å². The van der Waals surface area contributed by atoms with Crippen LogP contribution in [0.4, 0.5) is 0 Å². The molecule has 0 saturated carbocycles. The van der Waals surface area contributed by atoms with Gasteiger partial charge in [0.2, 0.25) is 0 Å². The van der Waals surface area contributed by atoms with Gasteiger partial charge in [-0.1, -0.05) is 0 Å². The van der Waals surface area contributed by atoms with E-state index in [0.717, 1.165) is 25.9 Å². The molecule has 2 atom stereocenters. The van der Waals surface area contributed by atoms with Crippen LogP contribution in [0.15, 0.2) is 6.20 Å². The highest BCUT2D eigenvalue weighted by molar-refractivity contribution is 5.25. The van der Waals surface area contributed by atoms with Crippen LogP contribution in [-0.2, 0) is 17.7 Å². The van der Waals surface area contributed by atoms with Gasteiger partial charge in [-0.05, 0) is 32.6 Å². The molecule has 5 heteroatoms. The van der Waals surface area contributed by atoms with E-state index in [4.69, 9.17) is 9.84 Å². The minimum atomic E-state index is 0.149. The van der Waals surface area contributed by atoms with E-state index in [-0.39, 0.29) is 6.61 Å². The Morgan fingerprint density at radius 3 is 3.21 bits per heavy atom. The third-order valence-electron chi connectivity index (χ3n) is 3.82. The summed E-state index contributed by atoms with van der Waals surface area (Å²) in [5.41, 5.74) is 2.60. The van der Waals surface area contributed by atoms with Gasteiger partial charge >= 0.3 is 0 Å². The summed E-state index contributed by atoms with van der Waals surface area (Å²) in [6.07, 6.45) is 6.39. The summed E-state index contributed by atoms with van der Waals surface area (Å²) in [5.74, 6) is 0. The highest BCUT2D eigenvalue weighted by Gasteiger charge is 2.24. The highest BCUT2D eigenvalue weighted by Crippen LogP contribution is 2.30. The van der Waals surface area contributed by atoms with Crippen molar-refractivity contribution in [2.24, 2.45) is 0 Å². The van der Waals surface area contributed by atoms with Gasteiger partial charge in [-0.2, -0.15) is 5.10 Å². The van der Waals surface area contributed by atoms with Crippen LogP contribution < -0.4 is 5.32 Å². The number of aromatic nitrogens is 2. The molecule has 5 nitrogen and oxygen atoms in total. The molecule has 1 heterocycles. The Balaban J connectivity index is 2.01. The molecule has 108 valence electrons. The van der Waals surface area contributed by atoms with Gasteiger partial charge < -0.3 is 15.2 Å². The Bertz CT molecular complexity index is 392. The maximum atomic E-state index is 9.06. The summed E-state index contributed by atoms with van der Waals surface area (Å²) in [6.45, 7) is 3.74. The molecule has 1 aromatic heterocycles. The second kappa shape index (κ2) is 7.03. The molecule has 1 aromatic rings. The summed E-state index contributed by atoms with van der Waals surface area (Å²) >= 11 is 0. The summed E-state index contributed by atoms with van der Waals surface area (Å²) in [6, 6.07) is 0.833. The van der Waals surface area contributed by atoms with Gasteiger partial charge in [-0.25, -0.2) is 0 Å². The lowest BCUT2D eigenvalue weighted by Crippen LogP contribution is -2.33. The molecular weight excluding hydrogens is 242 g/mol. The van der Waals surface area contributed by atoms with E-state index in [2.05, 4.69) is 17.3 Å². The highest BCUT2D eigenvalue weighted by atomic mass is 16.5. The zero-order valence-corrected chi connectivity index (χ0v) is 11.9. The topological polar surface area (TPSA) is 59.3 Å². The van der Waals surface area contributed by atoms with E-state index in [1.807, 2.05) is 10.9 Å². The molecule has 1 aliphatic carbocycles. The Morgan fingerprint density at radius 2 is 2.47 bits per heavy atom. The molecular formula is C14H25N3O2. The summed E-state index contributed by atoms with van der Waals surface area (Å²) in [5, 5.41) is 17.1. The van der Waals surface area contributed by atoms with Crippen LogP contribution in [0.1, 0.15) is 43.5 Å².